The van der Waals surface area contributed by atoms with Gasteiger partial charge in [-0.25, -0.2) is 8.42 Å². The van der Waals surface area contributed by atoms with Gasteiger partial charge < -0.3 is 9.72 Å². The fraction of sp³-hybridized carbons (Fsp3) is 0.182. The van der Waals surface area contributed by atoms with Crippen LogP contribution in [0.4, 0.5) is 0 Å². The summed E-state index contributed by atoms with van der Waals surface area (Å²) in [6.45, 7) is 0. The minimum atomic E-state index is -3.40. The van der Waals surface area contributed by atoms with E-state index in [9.17, 15) is 13.2 Å². The predicted octanol–water partition coefficient (Wildman–Crippen LogP) is 0.940. The molecular weight excluding hydrogens is 242 g/mol. The molecule has 0 bridgehead atoms. The lowest BCUT2D eigenvalue weighted by atomic mass is 10.2. The molecule has 0 aliphatic heterocycles. The Morgan fingerprint density at radius 3 is 2.59 bits per heavy atom. The van der Waals surface area contributed by atoms with Gasteiger partial charge in [0, 0.05) is 17.7 Å². The third kappa shape index (κ3) is 2.03. The van der Waals surface area contributed by atoms with Gasteiger partial charge in [-0.3, -0.25) is 4.79 Å². The molecule has 0 aliphatic rings. The van der Waals surface area contributed by atoms with Crippen molar-refractivity contribution < 1.29 is 13.2 Å². The number of rotatable bonds is 2. The van der Waals surface area contributed by atoms with E-state index in [4.69, 9.17) is 4.74 Å². The molecule has 17 heavy (non-hydrogen) atoms. The lowest BCUT2D eigenvalue weighted by Crippen LogP contribution is -2.07. The molecule has 2 aromatic rings. The maximum Gasteiger partial charge on any atom is 0.194 e. The second-order valence-electron chi connectivity index (χ2n) is 3.65. The number of hydrogen-bond acceptors (Lipinski definition) is 4. The van der Waals surface area contributed by atoms with Crippen molar-refractivity contribution in [1.82, 2.24) is 4.98 Å². The van der Waals surface area contributed by atoms with E-state index < -0.39 is 9.84 Å². The van der Waals surface area contributed by atoms with Crippen molar-refractivity contribution in [3.63, 3.8) is 0 Å². The normalized spacial score (nSPS) is 11.6. The molecule has 0 saturated carbocycles. The summed E-state index contributed by atoms with van der Waals surface area (Å²) in [5, 5.41) is 0.328. The van der Waals surface area contributed by atoms with Gasteiger partial charge >= 0.3 is 0 Å². The quantitative estimate of drug-likeness (QED) is 0.864. The minimum absolute atomic E-state index is 0.0889. The summed E-state index contributed by atoms with van der Waals surface area (Å²) in [6.07, 6.45) is 1.10. The fourth-order valence-electron chi connectivity index (χ4n) is 1.64. The summed E-state index contributed by atoms with van der Waals surface area (Å²) in [5.41, 5.74) is 0.000417. The summed E-state index contributed by atoms with van der Waals surface area (Å²) in [7, 11) is -1.99. The van der Waals surface area contributed by atoms with Gasteiger partial charge in [-0.1, -0.05) is 6.07 Å². The van der Waals surface area contributed by atoms with Crippen molar-refractivity contribution in [2.24, 2.45) is 0 Å². The van der Waals surface area contributed by atoms with Gasteiger partial charge in [-0.05, 0) is 12.1 Å². The van der Waals surface area contributed by atoms with Crippen molar-refractivity contribution in [3.05, 3.63) is 34.5 Å². The number of sulfone groups is 1. The summed E-state index contributed by atoms with van der Waals surface area (Å²) >= 11 is 0. The molecule has 2 rings (SSSR count). The maximum atomic E-state index is 11.7. The van der Waals surface area contributed by atoms with E-state index in [1.165, 1.54) is 19.2 Å². The Balaban J connectivity index is 2.98. The highest BCUT2D eigenvalue weighted by molar-refractivity contribution is 7.91. The number of ether oxygens (including phenoxy) is 1. The third-order valence-electron chi connectivity index (χ3n) is 2.42. The van der Waals surface area contributed by atoms with Crippen LogP contribution in [0.5, 0.6) is 5.88 Å². The van der Waals surface area contributed by atoms with Gasteiger partial charge in [0.1, 0.15) is 0 Å². The SMILES string of the molecule is COc1cc(=O)c2cccc(S(C)(=O)=O)c2[nH]1. The Morgan fingerprint density at radius 1 is 1.29 bits per heavy atom. The molecule has 5 nitrogen and oxygen atoms in total. The molecule has 1 aromatic carbocycles. The molecule has 1 aromatic heterocycles. The molecule has 0 amide bonds. The van der Waals surface area contributed by atoms with Crippen LogP contribution < -0.4 is 10.2 Å². The van der Waals surface area contributed by atoms with E-state index in [0.29, 0.717) is 5.39 Å². The highest BCUT2D eigenvalue weighted by Gasteiger charge is 2.14. The van der Waals surface area contributed by atoms with E-state index in [0.717, 1.165) is 6.26 Å². The molecule has 1 N–H and O–H groups in total. The molecule has 6 heteroatoms. The molecule has 0 aliphatic carbocycles. The predicted molar refractivity (Wildman–Crippen MR) is 64.2 cm³/mol. The molecular formula is C11H11NO4S. The lowest BCUT2D eigenvalue weighted by Gasteiger charge is -2.06. The molecule has 90 valence electrons. The number of benzene rings is 1. The summed E-state index contributed by atoms with van der Waals surface area (Å²) in [5.74, 6) is 0.235. The summed E-state index contributed by atoms with van der Waals surface area (Å²) in [6, 6.07) is 5.85. The van der Waals surface area contributed by atoms with Gasteiger partial charge in [0.05, 0.1) is 17.5 Å². The Labute approximate surface area is 98.0 Å². The van der Waals surface area contributed by atoms with Gasteiger partial charge in [-0.2, -0.15) is 0 Å². The van der Waals surface area contributed by atoms with Crippen LogP contribution in [0.15, 0.2) is 34.0 Å². The highest BCUT2D eigenvalue weighted by atomic mass is 32.2. The standard InChI is InChI=1S/C11H11NO4S/c1-16-10-6-8(13)7-4-3-5-9(11(7)12-10)17(2,14)15/h3-6H,1-2H3,(H,12,13). The molecule has 0 spiro atoms. The molecule has 1 heterocycles. The first-order valence-corrected chi connectivity index (χ1v) is 6.72. The van der Waals surface area contributed by atoms with Crippen LogP contribution in [-0.4, -0.2) is 26.8 Å². The molecule has 0 saturated heterocycles. The van der Waals surface area contributed by atoms with Crippen molar-refractivity contribution in [2.75, 3.05) is 13.4 Å². The van der Waals surface area contributed by atoms with Crippen LogP contribution in [0.2, 0.25) is 0 Å². The van der Waals surface area contributed by atoms with Crippen LogP contribution in [0, 0.1) is 0 Å². The van der Waals surface area contributed by atoms with E-state index in [1.54, 1.807) is 12.1 Å². The number of nitrogens with one attached hydrogen (secondary N) is 1. The first-order chi connectivity index (χ1) is 7.93. The number of para-hydroxylation sites is 1. The average Bonchev–Trinajstić information content (AvgIpc) is 2.26. The number of methoxy groups -OCH3 is 1. The third-order valence-corrected chi connectivity index (χ3v) is 3.56. The molecule has 0 unspecified atom stereocenters. The van der Waals surface area contributed by atoms with E-state index in [-0.39, 0.29) is 21.7 Å². The topological polar surface area (TPSA) is 76.2 Å². The van der Waals surface area contributed by atoms with Gasteiger partial charge in [0.15, 0.2) is 21.1 Å². The first-order valence-electron chi connectivity index (χ1n) is 4.83. The number of pyridine rings is 1. The number of H-pyrrole nitrogens is 1. The van der Waals surface area contributed by atoms with E-state index in [2.05, 4.69) is 4.98 Å². The highest BCUT2D eigenvalue weighted by Crippen LogP contribution is 2.20. The van der Waals surface area contributed by atoms with Crippen molar-refractivity contribution >= 4 is 20.7 Å². The first kappa shape index (κ1) is 11.7. The smallest absolute Gasteiger partial charge is 0.194 e. The fourth-order valence-corrected chi connectivity index (χ4v) is 2.50. The van der Waals surface area contributed by atoms with Gasteiger partial charge in [0.2, 0.25) is 0 Å². The zero-order chi connectivity index (χ0) is 12.6. The molecule has 0 radical (unpaired) electrons. The Bertz CT molecular complexity index is 731. The second-order valence-corrected chi connectivity index (χ2v) is 5.64. The summed E-state index contributed by atoms with van der Waals surface area (Å²) in [4.78, 5) is 14.6. The average molecular weight is 253 g/mol. The minimum Gasteiger partial charge on any atom is -0.482 e. The van der Waals surface area contributed by atoms with E-state index >= 15 is 0 Å². The van der Waals surface area contributed by atoms with Crippen LogP contribution in [-0.2, 0) is 9.84 Å². The van der Waals surface area contributed by atoms with E-state index in [1.807, 2.05) is 0 Å². The number of hydrogen-bond donors (Lipinski definition) is 1. The van der Waals surface area contributed by atoms with Crippen molar-refractivity contribution in [1.29, 1.82) is 0 Å². The van der Waals surface area contributed by atoms with Crippen LogP contribution in [0.1, 0.15) is 0 Å². The van der Waals surface area contributed by atoms with Crippen LogP contribution in [0.25, 0.3) is 10.9 Å². The maximum absolute atomic E-state index is 11.7. The molecule has 0 atom stereocenters. The van der Waals surface area contributed by atoms with Gasteiger partial charge in [0.25, 0.3) is 0 Å². The largest absolute Gasteiger partial charge is 0.482 e. The zero-order valence-corrected chi connectivity index (χ0v) is 10.2. The van der Waals surface area contributed by atoms with Gasteiger partial charge in [-0.15, -0.1) is 0 Å². The number of fused-ring (bicyclic) bond motifs is 1. The Kier molecular flexibility index (Phi) is 2.66. The Hall–Kier alpha value is -1.82. The van der Waals surface area contributed by atoms with Crippen LogP contribution in [0.3, 0.4) is 0 Å². The monoisotopic (exact) mass is 253 g/mol. The molecule has 0 fully saturated rings. The van der Waals surface area contributed by atoms with Crippen molar-refractivity contribution in [2.45, 2.75) is 4.90 Å². The number of aromatic amines is 1. The van der Waals surface area contributed by atoms with Crippen LogP contribution >= 0.6 is 0 Å². The second kappa shape index (κ2) is 3.89. The zero-order valence-electron chi connectivity index (χ0n) is 9.35. The summed E-state index contributed by atoms with van der Waals surface area (Å²) < 4.78 is 28.1. The number of aromatic nitrogens is 1. The Morgan fingerprint density at radius 2 is 2.00 bits per heavy atom. The van der Waals surface area contributed by atoms with Crippen molar-refractivity contribution in [3.8, 4) is 5.88 Å². The lowest BCUT2D eigenvalue weighted by molar-refractivity contribution is 0.399.